The van der Waals surface area contributed by atoms with Crippen molar-refractivity contribution in [2.24, 2.45) is 0 Å². The zero-order valence-electron chi connectivity index (χ0n) is 15.4. The highest BCUT2D eigenvalue weighted by Crippen LogP contribution is 2.21. The van der Waals surface area contributed by atoms with Gasteiger partial charge in [-0.2, -0.15) is 4.31 Å². The quantitative estimate of drug-likeness (QED) is 0.747. The first kappa shape index (κ1) is 19.0. The van der Waals surface area contributed by atoms with Crippen molar-refractivity contribution in [3.8, 4) is 0 Å². The first-order chi connectivity index (χ1) is 13.5. The fourth-order valence-electron chi connectivity index (χ4n) is 3.38. The summed E-state index contributed by atoms with van der Waals surface area (Å²) in [5.41, 5.74) is 0. The first-order valence-electron chi connectivity index (χ1n) is 9.21. The second kappa shape index (κ2) is 7.98. The molecule has 10 heteroatoms. The van der Waals surface area contributed by atoms with Gasteiger partial charge in [0.25, 0.3) is 0 Å². The van der Waals surface area contributed by atoms with E-state index in [2.05, 4.69) is 15.1 Å². The minimum atomic E-state index is -3.70. The number of hydrogen-bond donors (Lipinski definition) is 0. The predicted molar refractivity (Wildman–Crippen MR) is 102 cm³/mol. The van der Waals surface area contributed by atoms with Gasteiger partial charge in [0.15, 0.2) is 11.6 Å². The van der Waals surface area contributed by atoms with E-state index in [1.165, 1.54) is 22.5 Å². The summed E-state index contributed by atoms with van der Waals surface area (Å²) in [6.45, 7) is 4.59. The Bertz CT molecular complexity index is 911. The Balaban J connectivity index is 1.40. The summed E-state index contributed by atoms with van der Waals surface area (Å²) in [7, 11) is -3.70. The minimum Gasteiger partial charge on any atom is -0.378 e. The average molecular weight is 407 g/mol. The maximum absolute atomic E-state index is 13.4. The van der Waals surface area contributed by atoms with Gasteiger partial charge in [-0.05, 0) is 30.3 Å². The highest BCUT2D eigenvalue weighted by Gasteiger charge is 2.29. The topological polar surface area (TPSA) is 78.9 Å². The molecule has 8 nitrogen and oxygen atoms in total. The Morgan fingerprint density at radius 3 is 2.04 bits per heavy atom. The van der Waals surface area contributed by atoms with Gasteiger partial charge in [0, 0.05) is 39.3 Å². The normalized spacial score (nSPS) is 19.0. The Labute approximate surface area is 163 Å². The van der Waals surface area contributed by atoms with E-state index in [0.29, 0.717) is 39.4 Å². The zero-order chi connectivity index (χ0) is 19.6. The number of morpholine rings is 1. The summed E-state index contributed by atoms with van der Waals surface area (Å²) >= 11 is 0. The van der Waals surface area contributed by atoms with E-state index in [1.54, 1.807) is 0 Å². The predicted octanol–water partition coefficient (Wildman–Crippen LogP) is 0.963. The third-order valence-electron chi connectivity index (χ3n) is 4.97. The van der Waals surface area contributed by atoms with Crippen molar-refractivity contribution in [1.82, 2.24) is 14.5 Å². The van der Waals surface area contributed by atoms with Gasteiger partial charge in [0.2, 0.25) is 10.0 Å². The first-order valence-corrected chi connectivity index (χ1v) is 10.7. The van der Waals surface area contributed by atoms with Gasteiger partial charge in [-0.3, -0.25) is 0 Å². The molecule has 0 unspecified atom stereocenters. The third kappa shape index (κ3) is 3.94. The standard InChI is InChI=1S/C18H22FN5O3S/c19-15-2-1-3-16(14-15)28(25,26)24-8-6-22(7-9-24)17-4-5-18(21-20-17)23-10-12-27-13-11-23/h1-5,14H,6-13H2. The van der Waals surface area contributed by atoms with Crippen molar-refractivity contribution in [3.63, 3.8) is 0 Å². The monoisotopic (exact) mass is 407 g/mol. The van der Waals surface area contributed by atoms with Gasteiger partial charge in [-0.25, -0.2) is 12.8 Å². The molecule has 0 saturated carbocycles. The van der Waals surface area contributed by atoms with Crippen LogP contribution in [0, 0.1) is 5.82 Å². The number of anilines is 2. The lowest BCUT2D eigenvalue weighted by Crippen LogP contribution is -2.49. The van der Waals surface area contributed by atoms with Crippen molar-refractivity contribution < 1.29 is 17.5 Å². The maximum atomic E-state index is 13.4. The molecule has 0 amide bonds. The van der Waals surface area contributed by atoms with E-state index in [0.717, 1.165) is 30.8 Å². The third-order valence-corrected chi connectivity index (χ3v) is 6.86. The van der Waals surface area contributed by atoms with Crippen molar-refractivity contribution >= 4 is 21.7 Å². The molecule has 28 heavy (non-hydrogen) atoms. The van der Waals surface area contributed by atoms with Crippen LogP contribution < -0.4 is 9.80 Å². The highest BCUT2D eigenvalue weighted by atomic mass is 32.2. The van der Waals surface area contributed by atoms with Crippen molar-refractivity contribution in [3.05, 3.63) is 42.2 Å². The lowest BCUT2D eigenvalue weighted by Gasteiger charge is -2.34. The van der Waals surface area contributed by atoms with E-state index in [-0.39, 0.29) is 4.90 Å². The fourth-order valence-corrected chi connectivity index (χ4v) is 4.84. The van der Waals surface area contributed by atoms with Gasteiger partial charge < -0.3 is 14.5 Å². The number of aromatic nitrogens is 2. The molecule has 0 radical (unpaired) electrons. The van der Waals surface area contributed by atoms with Crippen molar-refractivity contribution in [2.45, 2.75) is 4.90 Å². The van der Waals surface area contributed by atoms with E-state index >= 15 is 0 Å². The van der Waals surface area contributed by atoms with E-state index in [9.17, 15) is 12.8 Å². The van der Waals surface area contributed by atoms with Crippen molar-refractivity contribution in [2.75, 3.05) is 62.3 Å². The molecule has 0 N–H and O–H groups in total. The summed E-state index contributed by atoms with van der Waals surface area (Å²) in [5.74, 6) is 0.981. The highest BCUT2D eigenvalue weighted by molar-refractivity contribution is 7.89. The largest absolute Gasteiger partial charge is 0.378 e. The van der Waals surface area contributed by atoms with Gasteiger partial charge in [0.1, 0.15) is 5.82 Å². The van der Waals surface area contributed by atoms with Crippen LogP contribution in [-0.4, -0.2) is 75.4 Å². The Morgan fingerprint density at radius 2 is 1.46 bits per heavy atom. The van der Waals surface area contributed by atoms with Crippen LogP contribution in [-0.2, 0) is 14.8 Å². The van der Waals surface area contributed by atoms with Crippen LogP contribution in [0.15, 0.2) is 41.3 Å². The van der Waals surface area contributed by atoms with Gasteiger partial charge in [0.05, 0.1) is 18.1 Å². The number of sulfonamides is 1. The van der Waals surface area contributed by atoms with Crippen LogP contribution in [0.3, 0.4) is 0 Å². The van der Waals surface area contributed by atoms with E-state index in [1.807, 2.05) is 17.0 Å². The summed E-state index contributed by atoms with van der Waals surface area (Å²) in [5, 5.41) is 8.62. The van der Waals surface area contributed by atoms with E-state index in [4.69, 9.17) is 4.74 Å². The van der Waals surface area contributed by atoms with Gasteiger partial charge >= 0.3 is 0 Å². The van der Waals surface area contributed by atoms with Crippen LogP contribution in [0.2, 0.25) is 0 Å². The van der Waals surface area contributed by atoms with Gasteiger partial charge in [-0.15, -0.1) is 10.2 Å². The molecule has 0 atom stereocenters. The van der Waals surface area contributed by atoms with Crippen LogP contribution in [0.25, 0.3) is 0 Å². The average Bonchev–Trinajstić information content (AvgIpc) is 2.75. The molecule has 1 aromatic carbocycles. The molecule has 4 rings (SSSR count). The zero-order valence-corrected chi connectivity index (χ0v) is 16.2. The SMILES string of the molecule is O=S(=O)(c1cccc(F)c1)N1CCN(c2ccc(N3CCOCC3)nn2)CC1. The fraction of sp³-hybridized carbons (Fsp3) is 0.444. The summed E-state index contributed by atoms with van der Waals surface area (Å²) < 4.78 is 45.5. The molecule has 0 spiro atoms. The number of piperazine rings is 1. The minimum absolute atomic E-state index is 0.0180. The molecule has 2 fully saturated rings. The van der Waals surface area contributed by atoms with Crippen molar-refractivity contribution in [1.29, 1.82) is 0 Å². The smallest absolute Gasteiger partial charge is 0.243 e. The molecule has 0 bridgehead atoms. The second-order valence-corrected chi connectivity index (χ2v) is 8.64. The van der Waals surface area contributed by atoms with Gasteiger partial charge in [-0.1, -0.05) is 6.07 Å². The number of rotatable bonds is 4. The molecule has 0 aliphatic carbocycles. The van der Waals surface area contributed by atoms with E-state index < -0.39 is 15.8 Å². The number of nitrogens with zero attached hydrogens (tertiary/aromatic N) is 5. The van der Waals surface area contributed by atoms with Crippen LogP contribution in [0.5, 0.6) is 0 Å². The Kier molecular flexibility index (Phi) is 5.42. The molecular weight excluding hydrogens is 385 g/mol. The van der Waals surface area contributed by atoms with Crippen LogP contribution in [0.4, 0.5) is 16.0 Å². The molecule has 3 heterocycles. The summed E-state index contributed by atoms with van der Waals surface area (Å²) in [4.78, 5) is 4.12. The molecule has 2 aliphatic heterocycles. The molecule has 150 valence electrons. The number of hydrogen-bond acceptors (Lipinski definition) is 7. The Morgan fingerprint density at radius 1 is 0.857 bits per heavy atom. The molecule has 2 aliphatic rings. The molecule has 1 aromatic heterocycles. The van der Waals surface area contributed by atoms with Crippen LogP contribution >= 0.6 is 0 Å². The Hall–Kier alpha value is -2.30. The maximum Gasteiger partial charge on any atom is 0.243 e. The molecule has 2 aromatic rings. The second-order valence-electron chi connectivity index (χ2n) is 6.70. The molecule has 2 saturated heterocycles. The van der Waals surface area contributed by atoms with Crippen LogP contribution in [0.1, 0.15) is 0 Å². The summed E-state index contributed by atoms with van der Waals surface area (Å²) in [6.07, 6.45) is 0. The molecular formula is C18H22FN5O3S. The lowest BCUT2D eigenvalue weighted by atomic mass is 10.3. The number of halogens is 1. The lowest BCUT2D eigenvalue weighted by molar-refractivity contribution is 0.122. The summed E-state index contributed by atoms with van der Waals surface area (Å²) in [6, 6.07) is 8.95. The number of benzene rings is 1. The number of ether oxygens (including phenoxy) is 1.